The minimum absolute atomic E-state index is 0.274. The van der Waals surface area contributed by atoms with Crippen LogP contribution in [0.25, 0.3) is 0 Å². The van der Waals surface area contributed by atoms with E-state index < -0.39 is 0 Å². The zero-order valence-corrected chi connectivity index (χ0v) is 12.9. The van der Waals surface area contributed by atoms with Crippen LogP contribution < -0.4 is 10.1 Å². The van der Waals surface area contributed by atoms with Crippen molar-refractivity contribution in [3.8, 4) is 5.75 Å². The average molecular weight is 276 g/mol. The number of rotatable bonds is 10. The van der Waals surface area contributed by atoms with Gasteiger partial charge in [0, 0.05) is 24.3 Å². The Morgan fingerprint density at radius 2 is 2.20 bits per heavy atom. The maximum absolute atomic E-state index is 6.08. The minimum atomic E-state index is 0.274. The van der Waals surface area contributed by atoms with Gasteiger partial charge in [0.2, 0.25) is 0 Å². The standard InChI is InChI=1S/C17H28N2O/c1-3-4-5-6-7-14(2)20-17-13-18-11-10-15(17)12-19-16-8-9-16/h10-11,13-14,16,19H,3-9,12H2,1-2H3. The number of aromatic nitrogens is 1. The second-order valence-electron chi connectivity index (χ2n) is 5.92. The van der Waals surface area contributed by atoms with Crippen LogP contribution in [0.1, 0.15) is 64.4 Å². The molecule has 2 rings (SSSR count). The molecule has 3 nitrogen and oxygen atoms in total. The van der Waals surface area contributed by atoms with Gasteiger partial charge < -0.3 is 10.1 Å². The monoisotopic (exact) mass is 276 g/mol. The zero-order valence-electron chi connectivity index (χ0n) is 12.9. The fourth-order valence-electron chi connectivity index (χ4n) is 2.34. The first-order chi connectivity index (χ1) is 9.79. The van der Waals surface area contributed by atoms with Crippen molar-refractivity contribution in [3.63, 3.8) is 0 Å². The first kappa shape index (κ1) is 15.3. The van der Waals surface area contributed by atoms with Gasteiger partial charge in [-0.1, -0.05) is 26.2 Å². The highest BCUT2D eigenvalue weighted by Gasteiger charge is 2.20. The molecule has 0 spiro atoms. The van der Waals surface area contributed by atoms with Crippen molar-refractivity contribution in [2.45, 2.75) is 77.5 Å². The Labute approximate surface area is 123 Å². The van der Waals surface area contributed by atoms with Gasteiger partial charge >= 0.3 is 0 Å². The molecule has 1 fully saturated rings. The molecule has 20 heavy (non-hydrogen) atoms. The van der Waals surface area contributed by atoms with E-state index in [4.69, 9.17) is 4.74 Å². The van der Waals surface area contributed by atoms with Crippen LogP contribution in [-0.4, -0.2) is 17.1 Å². The molecule has 0 bridgehead atoms. The van der Waals surface area contributed by atoms with E-state index in [0.29, 0.717) is 0 Å². The summed E-state index contributed by atoms with van der Waals surface area (Å²) in [5.74, 6) is 0.948. The molecule has 112 valence electrons. The van der Waals surface area contributed by atoms with Crippen molar-refractivity contribution in [1.82, 2.24) is 10.3 Å². The van der Waals surface area contributed by atoms with Crippen LogP contribution in [-0.2, 0) is 6.54 Å². The predicted molar refractivity (Wildman–Crippen MR) is 82.9 cm³/mol. The predicted octanol–water partition coefficient (Wildman–Crippen LogP) is 4.07. The molecule has 0 aliphatic heterocycles. The summed E-state index contributed by atoms with van der Waals surface area (Å²) in [6.07, 6.45) is 12.9. The van der Waals surface area contributed by atoms with E-state index >= 15 is 0 Å². The third-order valence-corrected chi connectivity index (χ3v) is 3.82. The molecule has 1 aromatic rings. The van der Waals surface area contributed by atoms with Crippen molar-refractivity contribution in [3.05, 3.63) is 24.0 Å². The first-order valence-electron chi connectivity index (χ1n) is 8.12. The van der Waals surface area contributed by atoms with Gasteiger partial charge in [0.1, 0.15) is 5.75 Å². The number of hydrogen-bond acceptors (Lipinski definition) is 3. The van der Waals surface area contributed by atoms with E-state index in [9.17, 15) is 0 Å². The first-order valence-corrected chi connectivity index (χ1v) is 8.12. The number of unbranched alkanes of at least 4 members (excludes halogenated alkanes) is 3. The van der Waals surface area contributed by atoms with Gasteiger partial charge in [-0.25, -0.2) is 0 Å². The Morgan fingerprint density at radius 3 is 2.95 bits per heavy atom. The Hall–Kier alpha value is -1.09. The molecule has 0 saturated heterocycles. The van der Waals surface area contributed by atoms with Gasteiger partial charge in [0.05, 0.1) is 12.3 Å². The summed E-state index contributed by atoms with van der Waals surface area (Å²) in [4.78, 5) is 4.20. The summed E-state index contributed by atoms with van der Waals surface area (Å²) in [5.41, 5.74) is 1.23. The fraction of sp³-hybridized carbons (Fsp3) is 0.706. The summed E-state index contributed by atoms with van der Waals surface area (Å²) >= 11 is 0. The lowest BCUT2D eigenvalue weighted by molar-refractivity contribution is 0.203. The number of ether oxygens (including phenoxy) is 1. The summed E-state index contributed by atoms with van der Waals surface area (Å²) < 4.78 is 6.08. The lowest BCUT2D eigenvalue weighted by Crippen LogP contribution is -2.18. The smallest absolute Gasteiger partial charge is 0.142 e. The van der Waals surface area contributed by atoms with Crippen LogP contribution in [0.5, 0.6) is 5.75 Å². The molecule has 3 heteroatoms. The second-order valence-corrected chi connectivity index (χ2v) is 5.92. The van der Waals surface area contributed by atoms with Gasteiger partial charge in [-0.2, -0.15) is 0 Å². The normalized spacial score (nSPS) is 16.1. The van der Waals surface area contributed by atoms with Crippen molar-refractivity contribution < 1.29 is 4.74 Å². The maximum atomic E-state index is 6.08. The third kappa shape index (κ3) is 5.49. The number of pyridine rings is 1. The molecule has 1 N–H and O–H groups in total. The Bertz CT molecular complexity index is 390. The van der Waals surface area contributed by atoms with Crippen LogP contribution in [0.15, 0.2) is 18.5 Å². The lowest BCUT2D eigenvalue weighted by Gasteiger charge is -2.17. The van der Waals surface area contributed by atoms with Crippen LogP contribution >= 0.6 is 0 Å². The number of nitrogens with one attached hydrogen (secondary N) is 1. The molecule has 0 radical (unpaired) electrons. The maximum Gasteiger partial charge on any atom is 0.142 e. The number of hydrogen-bond donors (Lipinski definition) is 1. The molecule has 1 heterocycles. The molecule has 1 aromatic heterocycles. The van der Waals surface area contributed by atoms with Gasteiger partial charge in [0.15, 0.2) is 0 Å². The molecule has 0 aromatic carbocycles. The average Bonchev–Trinajstić information content (AvgIpc) is 3.27. The molecular weight excluding hydrogens is 248 g/mol. The van der Waals surface area contributed by atoms with Crippen molar-refractivity contribution in [2.24, 2.45) is 0 Å². The highest BCUT2D eigenvalue weighted by Crippen LogP contribution is 2.23. The van der Waals surface area contributed by atoms with Crippen LogP contribution in [0.2, 0.25) is 0 Å². The summed E-state index contributed by atoms with van der Waals surface area (Å²) in [6.45, 7) is 5.30. The number of nitrogens with zero attached hydrogens (tertiary/aromatic N) is 1. The summed E-state index contributed by atoms with van der Waals surface area (Å²) in [5, 5.41) is 3.54. The molecule has 1 saturated carbocycles. The summed E-state index contributed by atoms with van der Waals surface area (Å²) in [7, 11) is 0. The molecular formula is C17H28N2O. The zero-order chi connectivity index (χ0) is 14.2. The molecule has 1 unspecified atom stereocenters. The summed E-state index contributed by atoms with van der Waals surface area (Å²) in [6, 6.07) is 2.79. The third-order valence-electron chi connectivity index (χ3n) is 3.82. The Balaban J connectivity index is 1.77. The van der Waals surface area contributed by atoms with Gasteiger partial charge in [-0.05, 0) is 38.7 Å². The molecule has 1 atom stereocenters. The molecule has 1 aliphatic carbocycles. The van der Waals surface area contributed by atoms with Crippen LogP contribution in [0, 0.1) is 0 Å². The highest BCUT2D eigenvalue weighted by molar-refractivity contribution is 5.30. The van der Waals surface area contributed by atoms with E-state index in [1.165, 1.54) is 44.1 Å². The Morgan fingerprint density at radius 1 is 1.35 bits per heavy atom. The van der Waals surface area contributed by atoms with Crippen molar-refractivity contribution in [1.29, 1.82) is 0 Å². The molecule has 1 aliphatic rings. The van der Waals surface area contributed by atoms with Crippen molar-refractivity contribution in [2.75, 3.05) is 0 Å². The Kier molecular flexibility index (Phi) is 6.31. The van der Waals surface area contributed by atoms with Crippen LogP contribution in [0.3, 0.4) is 0 Å². The minimum Gasteiger partial charge on any atom is -0.489 e. The largest absolute Gasteiger partial charge is 0.489 e. The van der Waals surface area contributed by atoms with Crippen LogP contribution in [0.4, 0.5) is 0 Å². The lowest BCUT2D eigenvalue weighted by atomic mass is 10.1. The SMILES string of the molecule is CCCCCCC(C)Oc1cnccc1CNC1CC1. The molecule has 0 amide bonds. The van der Waals surface area contributed by atoms with E-state index in [1.807, 2.05) is 12.4 Å². The second kappa shape index (κ2) is 8.25. The van der Waals surface area contributed by atoms with Crippen molar-refractivity contribution >= 4 is 0 Å². The van der Waals surface area contributed by atoms with E-state index in [-0.39, 0.29) is 6.10 Å². The van der Waals surface area contributed by atoms with Gasteiger partial charge in [-0.15, -0.1) is 0 Å². The van der Waals surface area contributed by atoms with Gasteiger partial charge in [-0.3, -0.25) is 4.98 Å². The van der Waals surface area contributed by atoms with E-state index in [1.54, 1.807) is 0 Å². The van der Waals surface area contributed by atoms with Gasteiger partial charge in [0.25, 0.3) is 0 Å². The quantitative estimate of drug-likeness (QED) is 0.654. The topological polar surface area (TPSA) is 34.1 Å². The van der Waals surface area contributed by atoms with E-state index in [2.05, 4.69) is 30.2 Å². The fourth-order valence-corrected chi connectivity index (χ4v) is 2.34. The highest BCUT2D eigenvalue weighted by atomic mass is 16.5. The van der Waals surface area contributed by atoms with E-state index in [0.717, 1.165) is 24.8 Å².